The Bertz CT molecular complexity index is 1080. The van der Waals surface area contributed by atoms with Gasteiger partial charge < -0.3 is 5.32 Å². The summed E-state index contributed by atoms with van der Waals surface area (Å²) in [5, 5.41) is 3.44. The van der Waals surface area contributed by atoms with Gasteiger partial charge in [0.25, 0.3) is 0 Å². The van der Waals surface area contributed by atoms with Crippen LogP contribution in [0.5, 0.6) is 0 Å². The van der Waals surface area contributed by atoms with Crippen molar-refractivity contribution in [3.05, 3.63) is 77.6 Å². The first kappa shape index (κ1) is 20.7. The van der Waals surface area contributed by atoms with E-state index in [4.69, 9.17) is 0 Å². The second-order valence-electron chi connectivity index (χ2n) is 8.62. The summed E-state index contributed by atoms with van der Waals surface area (Å²) < 4.78 is 28.2. The number of aromatic nitrogens is 2. The molecule has 32 heavy (non-hydrogen) atoms. The van der Waals surface area contributed by atoms with Gasteiger partial charge in [0.2, 0.25) is 5.95 Å². The molecule has 1 atom stereocenters. The molecule has 0 radical (unpaired) electrons. The summed E-state index contributed by atoms with van der Waals surface area (Å²) in [4.78, 5) is 13.6. The number of anilines is 1. The zero-order valence-electron chi connectivity index (χ0n) is 17.9. The fourth-order valence-electron chi connectivity index (χ4n) is 4.67. The van der Waals surface area contributed by atoms with Gasteiger partial charge in [-0.25, -0.2) is 18.7 Å². The van der Waals surface area contributed by atoms with Gasteiger partial charge in [-0.1, -0.05) is 49.6 Å². The SMILES string of the molecule is Fc1cccc(F)c1C1=NC(c2ccc(-c3cnc(NC4CCCCC4)nc3)cc2)CC1. The molecule has 5 rings (SSSR count). The Morgan fingerprint density at radius 3 is 2.16 bits per heavy atom. The fraction of sp³-hybridized carbons (Fsp3) is 0.346. The second kappa shape index (κ2) is 9.15. The molecule has 0 amide bonds. The third kappa shape index (κ3) is 4.40. The highest BCUT2D eigenvalue weighted by atomic mass is 19.1. The zero-order chi connectivity index (χ0) is 21.9. The maximum atomic E-state index is 14.1. The van der Waals surface area contributed by atoms with E-state index in [-0.39, 0.29) is 11.6 Å². The van der Waals surface area contributed by atoms with Crippen LogP contribution in [0.3, 0.4) is 0 Å². The van der Waals surface area contributed by atoms with E-state index in [1.54, 1.807) is 0 Å². The third-order valence-electron chi connectivity index (χ3n) is 6.44. The van der Waals surface area contributed by atoms with E-state index in [9.17, 15) is 8.78 Å². The van der Waals surface area contributed by atoms with Crippen LogP contribution in [-0.2, 0) is 0 Å². The molecular formula is C26H26F2N4. The van der Waals surface area contributed by atoms with Crippen molar-refractivity contribution in [3.8, 4) is 11.1 Å². The summed E-state index contributed by atoms with van der Waals surface area (Å²) in [6.07, 6.45) is 11.2. The summed E-state index contributed by atoms with van der Waals surface area (Å²) in [6.45, 7) is 0. The summed E-state index contributed by atoms with van der Waals surface area (Å²) >= 11 is 0. The lowest BCUT2D eigenvalue weighted by Crippen LogP contribution is -2.23. The summed E-state index contributed by atoms with van der Waals surface area (Å²) in [5.74, 6) is -0.423. The van der Waals surface area contributed by atoms with E-state index in [0.717, 1.165) is 23.1 Å². The lowest BCUT2D eigenvalue weighted by atomic mass is 9.96. The van der Waals surface area contributed by atoms with E-state index < -0.39 is 11.6 Å². The predicted octanol–water partition coefficient (Wildman–Crippen LogP) is 6.49. The molecule has 2 aliphatic rings. The van der Waals surface area contributed by atoms with E-state index in [0.29, 0.717) is 24.1 Å². The van der Waals surface area contributed by atoms with Gasteiger partial charge >= 0.3 is 0 Å². The number of rotatable bonds is 5. The molecule has 164 valence electrons. The number of nitrogens with zero attached hydrogens (tertiary/aromatic N) is 3. The minimum absolute atomic E-state index is 0.00527. The van der Waals surface area contributed by atoms with Gasteiger partial charge in [0.1, 0.15) is 11.6 Å². The van der Waals surface area contributed by atoms with E-state index in [1.807, 2.05) is 36.7 Å². The largest absolute Gasteiger partial charge is 0.351 e. The average Bonchev–Trinajstić information content (AvgIpc) is 3.30. The first-order valence-electron chi connectivity index (χ1n) is 11.4. The summed E-state index contributed by atoms with van der Waals surface area (Å²) in [6, 6.07) is 12.4. The van der Waals surface area contributed by atoms with Crippen molar-refractivity contribution in [2.45, 2.75) is 57.0 Å². The maximum Gasteiger partial charge on any atom is 0.222 e. The van der Waals surface area contributed by atoms with Gasteiger partial charge in [-0.2, -0.15) is 0 Å². The zero-order valence-corrected chi connectivity index (χ0v) is 17.9. The van der Waals surface area contributed by atoms with Crippen LogP contribution in [0.4, 0.5) is 14.7 Å². The molecule has 6 heteroatoms. The highest BCUT2D eigenvalue weighted by molar-refractivity contribution is 6.02. The third-order valence-corrected chi connectivity index (χ3v) is 6.44. The van der Waals surface area contributed by atoms with E-state index in [2.05, 4.69) is 20.3 Å². The van der Waals surface area contributed by atoms with Crippen molar-refractivity contribution in [3.63, 3.8) is 0 Å². The molecule has 0 bridgehead atoms. The second-order valence-corrected chi connectivity index (χ2v) is 8.62. The van der Waals surface area contributed by atoms with Crippen molar-refractivity contribution in [2.75, 3.05) is 5.32 Å². The predicted molar refractivity (Wildman–Crippen MR) is 123 cm³/mol. The van der Waals surface area contributed by atoms with Crippen LogP contribution in [0.25, 0.3) is 11.1 Å². The molecule has 1 aliphatic carbocycles. The lowest BCUT2D eigenvalue weighted by molar-refractivity contribution is 0.461. The molecule has 0 spiro atoms. The Morgan fingerprint density at radius 2 is 1.47 bits per heavy atom. The van der Waals surface area contributed by atoms with Gasteiger partial charge in [0.15, 0.2) is 0 Å². The van der Waals surface area contributed by atoms with Gasteiger partial charge in [-0.15, -0.1) is 0 Å². The van der Waals surface area contributed by atoms with E-state index >= 15 is 0 Å². The standard InChI is InChI=1S/C26H26F2N4/c27-21-7-4-8-22(28)25(21)24-14-13-23(32-24)18-11-9-17(10-12-18)19-15-29-26(30-16-19)31-20-5-2-1-3-6-20/h4,7-12,15-16,20,23H,1-3,5-6,13-14H2,(H,29,30,31). The first-order chi connectivity index (χ1) is 15.7. The van der Waals surface area contributed by atoms with Crippen molar-refractivity contribution in [2.24, 2.45) is 4.99 Å². The minimum atomic E-state index is -0.554. The fourth-order valence-corrected chi connectivity index (χ4v) is 4.67. The van der Waals surface area contributed by atoms with Crippen LogP contribution in [0.1, 0.15) is 62.1 Å². The van der Waals surface area contributed by atoms with Crippen molar-refractivity contribution < 1.29 is 8.78 Å². The van der Waals surface area contributed by atoms with Crippen molar-refractivity contribution in [1.29, 1.82) is 0 Å². The lowest BCUT2D eigenvalue weighted by Gasteiger charge is -2.22. The Hall–Kier alpha value is -3.15. The van der Waals surface area contributed by atoms with Crippen LogP contribution in [-0.4, -0.2) is 21.7 Å². The Kier molecular flexibility index (Phi) is 5.93. The van der Waals surface area contributed by atoms with Crippen LogP contribution in [0.15, 0.2) is 59.9 Å². The molecule has 3 aromatic rings. The van der Waals surface area contributed by atoms with Crippen molar-refractivity contribution in [1.82, 2.24) is 9.97 Å². The van der Waals surface area contributed by atoms with Gasteiger partial charge in [-0.3, -0.25) is 4.99 Å². The average molecular weight is 433 g/mol. The number of nitrogens with one attached hydrogen (secondary N) is 1. The highest BCUT2D eigenvalue weighted by Crippen LogP contribution is 2.33. The Balaban J connectivity index is 1.28. The number of hydrogen-bond donors (Lipinski definition) is 1. The Labute approximate surface area is 186 Å². The minimum Gasteiger partial charge on any atom is -0.351 e. The van der Waals surface area contributed by atoms with Gasteiger partial charge in [-0.05, 0) is 48.9 Å². The topological polar surface area (TPSA) is 50.2 Å². The number of hydrogen-bond acceptors (Lipinski definition) is 4. The van der Waals surface area contributed by atoms with Gasteiger partial charge in [0, 0.05) is 29.7 Å². The molecule has 1 N–H and O–H groups in total. The molecule has 1 aromatic heterocycles. The van der Waals surface area contributed by atoms with Crippen LogP contribution < -0.4 is 5.32 Å². The highest BCUT2D eigenvalue weighted by Gasteiger charge is 2.24. The molecule has 1 saturated carbocycles. The van der Waals surface area contributed by atoms with Crippen molar-refractivity contribution >= 4 is 11.7 Å². The van der Waals surface area contributed by atoms with Crippen LogP contribution in [0.2, 0.25) is 0 Å². The Morgan fingerprint density at radius 1 is 0.781 bits per heavy atom. The first-order valence-corrected chi connectivity index (χ1v) is 11.4. The van der Waals surface area contributed by atoms with Crippen LogP contribution >= 0.6 is 0 Å². The summed E-state index contributed by atoms with van der Waals surface area (Å²) in [7, 11) is 0. The number of aliphatic imine (C=N–C) groups is 1. The molecule has 4 nitrogen and oxygen atoms in total. The van der Waals surface area contributed by atoms with Gasteiger partial charge in [0.05, 0.1) is 11.6 Å². The molecule has 2 aromatic carbocycles. The number of benzene rings is 2. The molecule has 0 saturated heterocycles. The van der Waals surface area contributed by atoms with Crippen LogP contribution in [0, 0.1) is 11.6 Å². The number of halogens is 2. The normalized spacial score (nSPS) is 19.1. The molecule has 1 unspecified atom stereocenters. The summed E-state index contributed by atoms with van der Waals surface area (Å²) in [5.41, 5.74) is 3.53. The maximum absolute atomic E-state index is 14.1. The molecule has 1 aliphatic heterocycles. The molecule has 1 fully saturated rings. The smallest absolute Gasteiger partial charge is 0.222 e. The monoisotopic (exact) mass is 432 g/mol. The quantitative estimate of drug-likeness (QED) is 0.501. The molecular weight excluding hydrogens is 406 g/mol. The molecule has 2 heterocycles. The van der Waals surface area contributed by atoms with E-state index in [1.165, 1.54) is 50.3 Å².